The van der Waals surface area contributed by atoms with Crippen molar-refractivity contribution >= 4 is 60.6 Å². The van der Waals surface area contributed by atoms with Crippen molar-refractivity contribution in [3.8, 4) is 0 Å². The lowest BCUT2D eigenvalue weighted by atomic mass is 10.2. The monoisotopic (exact) mass is 427 g/mol. The van der Waals surface area contributed by atoms with E-state index in [4.69, 9.17) is 23.1 Å². The fourth-order valence-corrected chi connectivity index (χ4v) is 6.91. The van der Waals surface area contributed by atoms with Crippen molar-refractivity contribution in [2.45, 2.75) is 35.1 Å². The number of hydrogen-bond donors (Lipinski definition) is 2. The van der Waals surface area contributed by atoms with Crippen LogP contribution in [0, 0.1) is 0 Å². The van der Waals surface area contributed by atoms with E-state index >= 15 is 0 Å². The second-order valence-corrected chi connectivity index (χ2v) is 11.5. The Labute approximate surface area is 155 Å². The van der Waals surface area contributed by atoms with Gasteiger partial charge < -0.3 is 11.5 Å². The molecule has 4 N–H and O–H groups in total. The van der Waals surface area contributed by atoms with Crippen LogP contribution in [0.5, 0.6) is 0 Å². The SMILES string of the molecule is C/C(=C\c1sc(S(C)(=O)=O)c(S(=O)(=O)C(C)C)c1Cl)C(=O)N=C(N)N. The van der Waals surface area contributed by atoms with E-state index in [0.717, 1.165) is 6.26 Å². The molecule has 0 aliphatic heterocycles. The van der Waals surface area contributed by atoms with Crippen LogP contribution in [0.4, 0.5) is 0 Å². The Kier molecular flexibility index (Phi) is 6.43. The minimum absolute atomic E-state index is 0.0603. The van der Waals surface area contributed by atoms with Crippen LogP contribution in [-0.4, -0.2) is 40.2 Å². The molecule has 0 radical (unpaired) electrons. The van der Waals surface area contributed by atoms with E-state index in [1.54, 1.807) is 0 Å². The van der Waals surface area contributed by atoms with Crippen molar-refractivity contribution in [3.63, 3.8) is 0 Å². The molecule has 1 heterocycles. The fraction of sp³-hybridized carbons (Fsp3) is 0.385. The van der Waals surface area contributed by atoms with Crippen molar-refractivity contribution < 1.29 is 21.6 Å². The lowest BCUT2D eigenvalue weighted by molar-refractivity contribution is -0.114. The highest BCUT2D eigenvalue weighted by Crippen LogP contribution is 2.41. The van der Waals surface area contributed by atoms with Crippen molar-refractivity contribution in [1.82, 2.24) is 0 Å². The minimum atomic E-state index is -3.96. The van der Waals surface area contributed by atoms with Gasteiger partial charge in [-0.05, 0) is 26.8 Å². The normalized spacial score (nSPS) is 13.1. The molecule has 0 aromatic carbocycles. The highest BCUT2D eigenvalue weighted by Gasteiger charge is 2.33. The summed E-state index contributed by atoms with van der Waals surface area (Å²) in [5.41, 5.74) is 10.3. The average molecular weight is 428 g/mol. The third-order valence-corrected chi connectivity index (χ3v) is 9.02. The number of nitrogens with zero attached hydrogens (tertiary/aromatic N) is 1. The largest absolute Gasteiger partial charge is 0.370 e. The molecule has 0 fully saturated rings. The molecule has 1 rings (SSSR count). The molecule has 8 nitrogen and oxygen atoms in total. The summed E-state index contributed by atoms with van der Waals surface area (Å²) in [5, 5.41) is -1.13. The molecule has 0 saturated heterocycles. The van der Waals surface area contributed by atoms with Gasteiger partial charge in [-0.2, -0.15) is 4.99 Å². The summed E-state index contributed by atoms with van der Waals surface area (Å²) in [6.07, 6.45) is 2.13. The number of aliphatic imine (C=N–C) groups is 1. The first-order chi connectivity index (χ1) is 11.2. The van der Waals surface area contributed by atoms with Gasteiger partial charge in [0.25, 0.3) is 5.91 Å². The first-order valence-electron chi connectivity index (χ1n) is 6.78. The highest BCUT2D eigenvalue weighted by molar-refractivity contribution is 7.96. The first-order valence-corrected chi connectivity index (χ1v) is 11.4. The van der Waals surface area contributed by atoms with E-state index in [9.17, 15) is 21.6 Å². The molecular formula is C13H18ClN3O5S3. The van der Waals surface area contributed by atoms with E-state index < -0.39 is 41.7 Å². The lowest BCUT2D eigenvalue weighted by Crippen LogP contribution is -2.24. The highest BCUT2D eigenvalue weighted by atomic mass is 35.5. The molecule has 0 unspecified atom stereocenters. The van der Waals surface area contributed by atoms with Crippen LogP contribution in [-0.2, 0) is 24.5 Å². The predicted octanol–water partition coefficient (Wildman–Crippen LogP) is 1.19. The third kappa shape index (κ3) is 4.81. The number of hydrogen-bond acceptors (Lipinski definition) is 6. The number of halogens is 1. The van der Waals surface area contributed by atoms with Crippen molar-refractivity contribution in [3.05, 3.63) is 15.5 Å². The molecular weight excluding hydrogens is 410 g/mol. The zero-order valence-corrected chi connectivity index (χ0v) is 17.1. The van der Waals surface area contributed by atoms with E-state index in [2.05, 4.69) is 4.99 Å². The zero-order chi connectivity index (χ0) is 19.7. The fourth-order valence-electron chi connectivity index (χ4n) is 1.67. The maximum Gasteiger partial charge on any atom is 0.275 e. The van der Waals surface area contributed by atoms with Crippen molar-refractivity contribution in [2.24, 2.45) is 16.5 Å². The van der Waals surface area contributed by atoms with Crippen LogP contribution in [0.25, 0.3) is 6.08 Å². The van der Waals surface area contributed by atoms with Gasteiger partial charge in [-0.25, -0.2) is 16.8 Å². The summed E-state index contributed by atoms with van der Waals surface area (Å²) >= 11 is 6.81. The Morgan fingerprint density at radius 2 is 1.76 bits per heavy atom. The smallest absolute Gasteiger partial charge is 0.275 e. The molecule has 0 aliphatic rings. The minimum Gasteiger partial charge on any atom is -0.370 e. The Morgan fingerprint density at radius 3 is 2.16 bits per heavy atom. The topological polar surface area (TPSA) is 150 Å². The van der Waals surface area contributed by atoms with E-state index in [1.807, 2.05) is 0 Å². The van der Waals surface area contributed by atoms with Gasteiger partial charge in [-0.3, -0.25) is 4.79 Å². The molecule has 0 aliphatic carbocycles. The third-order valence-electron chi connectivity index (χ3n) is 2.96. The summed E-state index contributed by atoms with van der Waals surface area (Å²) in [4.78, 5) is 14.8. The zero-order valence-electron chi connectivity index (χ0n) is 13.9. The molecule has 0 atom stereocenters. The predicted molar refractivity (Wildman–Crippen MR) is 99.2 cm³/mol. The summed E-state index contributed by atoms with van der Waals surface area (Å²) < 4.78 is 48.6. The van der Waals surface area contributed by atoms with Gasteiger partial charge in [0.05, 0.1) is 10.3 Å². The van der Waals surface area contributed by atoms with Crippen molar-refractivity contribution in [1.29, 1.82) is 0 Å². The molecule has 140 valence electrons. The first kappa shape index (κ1) is 21.6. The van der Waals surface area contributed by atoms with Gasteiger partial charge >= 0.3 is 0 Å². The number of rotatable bonds is 5. The van der Waals surface area contributed by atoms with Gasteiger partial charge in [0.2, 0.25) is 0 Å². The Hall–Kier alpha value is -1.43. The van der Waals surface area contributed by atoms with Crippen LogP contribution in [0.1, 0.15) is 25.6 Å². The summed E-state index contributed by atoms with van der Waals surface area (Å²) in [6, 6.07) is 0. The van der Waals surface area contributed by atoms with Crippen LogP contribution in [0.2, 0.25) is 5.02 Å². The molecule has 1 aromatic heterocycles. The van der Waals surface area contributed by atoms with Gasteiger partial charge in [0.1, 0.15) is 9.10 Å². The molecule has 1 aromatic rings. The van der Waals surface area contributed by atoms with Gasteiger partial charge in [0, 0.05) is 16.7 Å². The van der Waals surface area contributed by atoms with Crippen LogP contribution >= 0.6 is 22.9 Å². The number of amides is 1. The van der Waals surface area contributed by atoms with Crippen LogP contribution in [0.15, 0.2) is 19.7 Å². The number of carbonyl (C=O) groups excluding carboxylic acids is 1. The Morgan fingerprint density at radius 1 is 1.24 bits per heavy atom. The summed E-state index contributed by atoms with van der Waals surface area (Å²) in [5.74, 6) is -1.19. The lowest BCUT2D eigenvalue weighted by Gasteiger charge is -2.08. The van der Waals surface area contributed by atoms with E-state index in [0.29, 0.717) is 11.3 Å². The van der Waals surface area contributed by atoms with Gasteiger partial charge in [0.15, 0.2) is 25.6 Å². The van der Waals surface area contributed by atoms with Crippen LogP contribution in [0.3, 0.4) is 0 Å². The Bertz CT molecular complexity index is 969. The molecule has 1 amide bonds. The molecule has 0 saturated carbocycles. The second-order valence-electron chi connectivity index (χ2n) is 5.43. The summed E-state index contributed by atoms with van der Waals surface area (Å²) in [6.45, 7) is 4.22. The number of nitrogens with two attached hydrogens (primary N) is 2. The number of carbonyl (C=O) groups is 1. The van der Waals surface area contributed by atoms with Gasteiger partial charge in [-0.1, -0.05) is 11.6 Å². The maximum atomic E-state index is 12.5. The number of thiophene rings is 1. The van der Waals surface area contributed by atoms with E-state index in [1.165, 1.54) is 26.8 Å². The Balaban J connectivity index is 3.72. The quantitative estimate of drug-likeness (QED) is 0.407. The average Bonchev–Trinajstić information content (AvgIpc) is 2.75. The molecule has 0 bridgehead atoms. The number of sulfone groups is 2. The number of guanidine groups is 1. The van der Waals surface area contributed by atoms with Gasteiger partial charge in [-0.15, -0.1) is 11.3 Å². The molecule has 0 spiro atoms. The molecule has 25 heavy (non-hydrogen) atoms. The van der Waals surface area contributed by atoms with Crippen LogP contribution < -0.4 is 11.5 Å². The van der Waals surface area contributed by atoms with E-state index in [-0.39, 0.29) is 19.7 Å². The molecule has 12 heteroatoms. The maximum absolute atomic E-state index is 12.5. The van der Waals surface area contributed by atoms with Crippen molar-refractivity contribution in [2.75, 3.05) is 6.26 Å². The second kappa shape index (κ2) is 7.44. The summed E-state index contributed by atoms with van der Waals surface area (Å²) in [7, 11) is -7.81. The standard InChI is InChI=1S/C13H18ClN3O5S3/c1-6(2)25(21,22)10-9(14)8(23-12(10)24(4,19)20)5-7(3)11(18)17-13(15)16/h5-6H,1-4H3,(H4,15,16,17,18)/b7-5+.